The Labute approximate surface area is 256 Å². The third-order valence-corrected chi connectivity index (χ3v) is 12.4. The van der Waals surface area contributed by atoms with Gasteiger partial charge in [0.25, 0.3) is 0 Å². The summed E-state index contributed by atoms with van der Waals surface area (Å²) in [5.74, 6) is 8.04. The number of allylic oxidation sites excluding steroid dienone is 8. The van der Waals surface area contributed by atoms with Crippen LogP contribution in [0.2, 0.25) is 0 Å². The Hall–Kier alpha value is -2.60. The second-order valence-electron chi connectivity index (χ2n) is 14.4. The van der Waals surface area contributed by atoms with E-state index in [9.17, 15) is 0 Å². The van der Waals surface area contributed by atoms with Gasteiger partial charge in [0.05, 0.1) is 0 Å². The number of hydrogen-bond donors (Lipinski definition) is 0. The van der Waals surface area contributed by atoms with Crippen LogP contribution in [0.4, 0.5) is 0 Å². The highest BCUT2D eigenvalue weighted by molar-refractivity contribution is 5.72. The highest BCUT2D eigenvalue weighted by Crippen LogP contribution is 2.62. The minimum absolute atomic E-state index is 0.700. The highest BCUT2D eigenvalue weighted by atomic mass is 14.6. The Morgan fingerprint density at radius 1 is 0.571 bits per heavy atom. The quantitative estimate of drug-likeness (QED) is 0.303. The van der Waals surface area contributed by atoms with Crippen molar-refractivity contribution in [1.82, 2.24) is 0 Å². The molecule has 8 unspecified atom stereocenters. The summed E-state index contributed by atoms with van der Waals surface area (Å²) < 4.78 is 0. The Bertz CT molecular complexity index is 1200. The second kappa shape index (κ2) is 12.6. The summed E-state index contributed by atoms with van der Waals surface area (Å²) in [6.45, 7) is 4.87. The largest absolute Gasteiger partial charge is 0.0805 e. The van der Waals surface area contributed by atoms with Gasteiger partial charge in [-0.3, -0.25) is 0 Å². The monoisotopic (exact) mass is 556 g/mol. The van der Waals surface area contributed by atoms with Crippen molar-refractivity contribution < 1.29 is 0 Å². The van der Waals surface area contributed by atoms with Gasteiger partial charge in [-0.2, -0.15) is 0 Å². The Morgan fingerprint density at radius 2 is 1.00 bits per heavy atom. The zero-order chi connectivity index (χ0) is 28.5. The van der Waals surface area contributed by atoms with Crippen LogP contribution < -0.4 is 0 Å². The first-order chi connectivity index (χ1) is 20.8. The predicted octanol–water partition coefficient (Wildman–Crippen LogP) is 11.4. The first kappa shape index (κ1) is 28.2. The van der Waals surface area contributed by atoms with Gasteiger partial charge in [-0.1, -0.05) is 149 Å². The van der Waals surface area contributed by atoms with Crippen molar-refractivity contribution in [3.05, 3.63) is 108 Å². The van der Waals surface area contributed by atoms with Gasteiger partial charge < -0.3 is 0 Å². The molecular weight excluding hydrogens is 504 g/mol. The molecule has 0 nitrogen and oxygen atoms in total. The third kappa shape index (κ3) is 5.12. The van der Waals surface area contributed by atoms with Gasteiger partial charge in [0.2, 0.25) is 0 Å². The molecule has 2 aromatic rings. The van der Waals surface area contributed by atoms with Crippen molar-refractivity contribution in [3.63, 3.8) is 0 Å². The van der Waals surface area contributed by atoms with E-state index in [4.69, 9.17) is 0 Å². The van der Waals surface area contributed by atoms with Gasteiger partial charge in [0.15, 0.2) is 0 Å². The minimum atomic E-state index is 0.700. The number of benzene rings is 2. The molecule has 3 saturated carbocycles. The van der Waals surface area contributed by atoms with Crippen molar-refractivity contribution in [2.45, 2.75) is 78.1 Å². The molecule has 7 rings (SSSR count). The Kier molecular flexibility index (Phi) is 8.43. The molecule has 0 amide bonds. The van der Waals surface area contributed by atoms with Crippen LogP contribution in [0.3, 0.4) is 0 Å². The fourth-order valence-electron chi connectivity index (χ4n) is 11.1. The highest BCUT2D eigenvalue weighted by Gasteiger charge is 2.54. The van der Waals surface area contributed by atoms with Gasteiger partial charge in [0, 0.05) is 0 Å². The number of fused-ring (bicyclic) bond motifs is 2. The lowest BCUT2D eigenvalue weighted by Gasteiger charge is -2.46. The summed E-state index contributed by atoms with van der Waals surface area (Å²) in [7, 11) is 0. The zero-order valence-electron chi connectivity index (χ0n) is 26.1. The lowest BCUT2D eigenvalue weighted by Crippen LogP contribution is -2.40. The van der Waals surface area contributed by atoms with Crippen molar-refractivity contribution in [3.8, 4) is 0 Å². The lowest BCUT2D eigenvalue weighted by molar-refractivity contribution is 0.0411. The third-order valence-electron chi connectivity index (χ3n) is 12.4. The van der Waals surface area contributed by atoms with Crippen LogP contribution in [0.15, 0.2) is 97.1 Å². The molecule has 3 fully saturated rings. The maximum atomic E-state index is 2.67. The van der Waals surface area contributed by atoms with Crippen LogP contribution >= 0.6 is 0 Å². The van der Waals surface area contributed by atoms with Crippen molar-refractivity contribution in [2.75, 3.05) is 0 Å². The van der Waals surface area contributed by atoms with Gasteiger partial charge in [0.1, 0.15) is 0 Å². The molecule has 0 heteroatoms. The molecule has 42 heavy (non-hydrogen) atoms. The number of rotatable bonds is 8. The molecule has 2 aromatic carbocycles. The van der Waals surface area contributed by atoms with Gasteiger partial charge >= 0.3 is 0 Å². The van der Waals surface area contributed by atoms with Crippen LogP contribution in [-0.4, -0.2) is 0 Å². The summed E-state index contributed by atoms with van der Waals surface area (Å²) >= 11 is 0. The molecule has 5 aliphatic rings. The van der Waals surface area contributed by atoms with E-state index in [2.05, 4.69) is 111 Å². The van der Waals surface area contributed by atoms with Crippen LogP contribution in [0, 0.1) is 59.2 Å². The van der Waals surface area contributed by atoms with Crippen LogP contribution in [0.5, 0.6) is 0 Å². The van der Waals surface area contributed by atoms with E-state index in [-0.39, 0.29) is 0 Å². The van der Waals surface area contributed by atoms with E-state index in [1.807, 2.05) is 0 Å². The fourth-order valence-corrected chi connectivity index (χ4v) is 11.1. The standard InChI is InChI=1S/C42H52/c1-3-15-31-27-39-33(29-17-7-5-8-18-29)23-13-25-37(39)41(31)35-21-11-12-22-36(35)42-32(16-4-2)28-40-34(24-14-26-38(40)42)30-19-9-6-10-20-30/h5-10,13-14,17-20,23-26,31-32,35-42H,3-4,11-12,15-16,21-22,27-28H2,1-2H3/t31?,32?,35?,36?,37?,38?,39-,40-,41?,42?/m0/s1. The Morgan fingerprint density at radius 3 is 1.40 bits per heavy atom. The smallest absolute Gasteiger partial charge is 0.00874 e. The van der Waals surface area contributed by atoms with Crippen molar-refractivity contribution >= 4 is 11.1 Å². The van der Waals surface area contributed by atoms with Crippen LogP contribution in [-0.2, 0) is 0 Å². The molecule has 0 spiro atoms. The molecule has 0 radical (unpaired) electrons. The molecule has 0 saturated heterocycles. The molecule has 0 bridgehead atoms. The van der Waals surface area contributed by atoms with Crippen molar-refractivity contribution in [2.24, 2.45) is 59.2 Å². The average Bonchev–Trinajstić information content (AvgIpc) is 3.60. The Balaban J connectivity index is 1.22. The fraction of sp³-hybridized carbons (Fsp3) is 0.524. The van der Waals surface area contributed by atoms with E-state index in [0.717, 1.165) is 47.3 Å². The van der Waals surface area contributed by atoms with E-state index >= 15 is 0 Å². The first-order valence-corrected chi connectivity index (χ1v) is 17.7. The lowest BCUT2D eigenvalue weighted by atomic mass is 9.58. The summed E-state index contributed by atoms with van der Waals surface area (Å²) in [5.41, 5.74) is 6.16. The van der Waals surface area contributed by atoms with Gasteiger partial charge in [-0.15, -0.1) is 0 Å². The molecule has 0 N–H and O–H groups in total. The maximum Gasteiger partial charge on any atom is -0.00874 e. The molecule has 0 aliphatic heterocycles. The van der Waals surface area contributed by atoms with Crippen LogP contribution in [0.1, 0.15) is 89.2 Å². The first-order valence-electron chi connectivity index (χ1n) is 17.7. The summed E-state index contributed by atoms with van der Waals surface area (Å²) in [4.78, 5) is 0. The van der Waals surface area contributed by atoms with Gasteiger partial charge in [-0.25, -0.2) is 0 Å². The summed E-state index contributed by atoms with van der Waals surface area (Å²) in [5, 5.41) is 0. The van der Waals surface area contributed by atoms with E-state index in [1.54, 1.807) is 11.1 Å². The van der Waals surface area contributed by atoms with Crippen molar-refractivity contribution in [1.29, 1.82) is 0 Å². The predicted molar refractivity (Wildman–Crippen MR) is 180 cm³/mol. The van der Waals surface area contributed by atoms with E-state index in [0.29, 0.717) is 11.8 Å². The molecular formula is C42H52. The van der Waals surface area contributed by atoms with Gasteiger partial charge in [-0.05, 0) is 107 Å². The zero-order valence-corrected chi connectivity index (χ0v) is 26.1. The molecule has 10 atom stereocenters. The average molecular weight is 557 g/mol. The van der Waals surface area contributed by atoms with Crippen LogP contribution in [0.25, 0.3) is 11.1 Å². The molecule has 0 heterocycles. The summed E-state index contributed by atoms with van der Waals surface area (Å²) in [6, 6.07) is 22.7. The number of hydrogen-bond acceptors (Lipinski definition) is 0. The molecule has 220 valence electrons. The normalized spacial score (nSPS) is 37.2. The second-order valence-corrected chi connectivity index (χ2v) is 14.4. The molecule has 5 aliphatic carbocycles. The topological polar surface area (TPSA) is 0 Å². The minimum Gasteiger partial charge on any atom is -0.0805 e. The maximum absolute atomic E-state index is 2.67. The van der Waals surface area contributed by atoms with E-state index in [1.165, 1.54) is 75.3 Å². The van der Waals surface area contributed by atoms with E-state index < -0.39 is 0 Å². The SMILES string of the molecule is CCCC1C[C@H]2C(c3ccccc3)=CC=CC2C1C1CCCCC1C1C(CCC)C[C@H]2C(c3ccccc3)=CC=CC12. The molecule has 0 aromatic heterocycles. The summed E-state index contributed by atoms with van der Waals surface area (Å²) in [6.07, 6.45) is 29.2.